The van der Waals surface area contributed by atoms with E-state index < -0.39 is 11.4 Å². The van der Waals surface area contributed by atoms with Gasteiger partial charge in [0.15, 0.2) is 0 Å². The van der Waals surface area contributed by atoms with Gasteiger partial charge < -0.3 is 10.4 Å². The number of hydrogen-bond acceptors (Lipinski definition) is 2. The van der Waals surface area contributed by atoms with Crippen LogP contribution in [0, 0.1) is 22.7 Å². The molecule has 1 rings (SSSR count). The van der Waals surface area contributed by atoms with Crippen molar-refractivity contribution < 1.29 is 14.7 Å². The van der Waals surface area contributed by atoms with Gasteiger partial charge >= 0.3 is 5.97 Å². The molecule has 2 unspecified atom stereocenters. The van der Waals surface area contributed by atoms with E-state index in [0.717, 1.165) is 19.3 Å². The van der Waals surface area contributed by atoms with Crippen molar-refractivity contribution in [1.82, 2.24) is 5.32 Å². The fraction of sp³-hybridized carbons (Fsp3) is 0.867. The summed E-state index contributed by atoms with van der Waals surface area (Å²) in [4.78, 5) is 23.2. The highest BCUT2D eigenvalue weighted by Gasteiger charge is 2.36. The molecule has 0 heterocycles. The minimum Gasteiger partial charge on any atom is -0.481 e. The van der Waals surface area contributed by atoms with Crippen LogP contribution in [0.3, 0.4) is 0 Å². The summed E-state index contributed by atoms with van der Waals surface area (Å²) in [5.41, 5.74) is -0.715. The van der Waals surface area contributed by atoms with Gasteiger partial charge in [-0.25, -0.2) is 0 Å². The second kappa shape index (κ2) is 5.51. The molecule has 1 aliphatic rings. The van der Waals surface area contributed by atoms with Crippen molar-refractivity contribution in [3.8, 4) is 0 Å². The third kappa shape index (κ3) is 4.51. The van der Waals surface area contributed by atoms with Gasteiger partial charge in [0, 0.05) is 12.5 Å². The van der Waals surface area contributed by atoms with Crippen LogP contribution in [0.15, 0.2) is 0 Å². The zero-order valence-electron chi connectivity index (χ0n) is 12.7. The van der Waals surface area contributed by atoms with Crippen molar-refractivity contribution in [2.24, 2.45) is 22.7 Å². The molecule has 0 aliphatic heterocycles. The smallest absolute Gasteiger partial charge is 0.310 e. The van der Waals surface area contributed by atoms with Crippen LogP contribution in [0.5, 0.6) is 0 Å². The molecule has 0 aromatic carbocycles. The van der Waals surface area contributed by atoms with Crippen LogP contribution in [0.25, 0.3) is 0 Å². The molecule has 1 aliphatic carbocycles. The summed E-state index contributed by atoms with van der Waals surface area (Å²) < 4.78 is 0. The van der Waals surface area contributed by atoms with Crippen molar-refractivity contribution in [2.75, 3.05) is 6.54 Å². The fourth-order valence-electron chi connectivity index (χ4n) is 3.07. The quantitative estimate of drug-likeness (QED) is 0.824. The fourth-order valence-corrected chi connectivity index (χ4v) is 3.07. The lowest BCUT2D eigenvalue weighted by Gasteiger charge is -2.38. The van der Waals surface area contributed by atoms with Gasteiger partial charge in [0.05, 0.1) is 5.41 Å². The number of hydrogen-bond donors (Lipinski definition) is 2. The Kier molecular flexibility index (Phi) is 4.64. The number of carboxylic acid groups (broad SMARTS) is 1. The maximum Gasteiger partial charge on any atom is 0.310 e. The zero-order chi connectivity index (χ0) is 14.8. The van der Waals surface area contributed by atoms with Crippen LogP contribution < -0.4 is 5.32 Å². The van der Waals surface area contributed by atoms with E-state index in [9.17, 15) is 9.59 Å². The molecule has 0 aromatic rings. The monoisotopic (exact) mass is 269 g/mol. The molecular weight excluding hydrogens is 242 g/mol. The molecule has 19 heavy (non-hydrogen) atoms. The molecule has 4 nitrogen and oxygen atoms in total. The Morgan fingerprint density at radius 3 is 2.37 bits per heavy atom. The zero-order valence-corrected chi connectivity index (χ0v) is 12.7. The number of rotatable bonds is 4. The molecule has 2 N–H and O–H groups in total. The third-order valence-electron chi connectivity index (χ3n) is 4.04. The summed E-state index contributed by atoms with van der Waals surface area (Å²) in [6.07, 6.45) is 2.94. The Balaban J connectivity index is 2.57. The van der Waals surface area contributed by atoms with E-state index in [4.69, 9.17) is 5.11 Å². The highest BCUT2D eigenvalue weighted by molar-refractivity contribution is 5.80. The number of nitrogens with one attached hydrogen (secondary N) is 1. The van der Waals surface area contributed by atoms with Gasteiger partial charge in [0.2, 0.25) is 5.91 Å². The largest absolute Gasteiger partial charge is 0.481 e. The van der Waals surface area contributed by atoms with E-state index in [1.165, 1.54) is 0 Å². The van der Waals surface area contributed by atoms with E-state index in [2.05, 4.69) is 26.1 Å². The number of carbonyl (C=O) groups is 2. The topological polar surface area (TPSA) is 66.4 Å². The summed E-state index contributed by atoms with van der Waals surface area (Å²) in [7, 11) is 0. The second-order valence-corrected chi connectivity index (χ2v) is 7.52. The minimum absolute atomic E-state index is 0.00829. The molecular formula is C15H27NO3. The SMILES string of the molecule is CC1CC(C(=O)NCC(C)(C)C(=O)O)CC(C)(C)C1. The van der Waals surface area contributed by atoms with Crippen LogP contribution in [0.4, 0.5) is 0 Å². The lowest BCUT2D eigenvalue weighted by atomic mass is 9.68. The van der Waals surface area contributed by atoms with Crippen molar-refractivity contribution >= 4 is 11.9 Å². The lowest BCUT2D eigenvalue weighted by molar-refractivity contribution is -0.147. The van der Waals surface area contributed by atoms with Crippen LogP contribution in [-0.2, 0) is 9.59 Å². The highest BCUT2D eigenvalue weighted by Crippen LogP contribution is 2.41. The number of aliphatic carboxylic acids is 1. The first-order valence-corrected chi connectivity index (χ1v) is 7.05. The first kappa shape index (κ1) is 16.0. The van der Waals surface area contributed by atoms with Crippen molar-refractivity contribution in [3.05, 3.63) is 0 Å². The Hall–Kier alpha value is -1.06. The standard InChI is InChI=1S/C15H27NO3/c1-10-6-11(8-14(2,3)7-10)12(17)16-9-15(4,5)13(18)19/h10-11H,6-9H2,1-5H3,(H,16,17)(H,18,19). The average Bonchev–Trinajstić information content (AvgIpc) is 2.22. The third-order valence-corrected chi connectivity index (χ3v) is 4.04. The summed E-state index contributed by atoms with van der Waals surface area (Å²) in [6.45, 7) is 10.0. The van der Waals surface area contributed by atoms with E-state index in [-0.39, 0.29) is 23.8 Å². The van der Waals surface area contributed by atoms with Gasteiger partial charge in [-0.15, -0.1) is 0 Å². The molecule has 1 fully saturated rings. The summed E-state index contributed by atoms with van der Waals surface area (Å²) >= 11 is 0. The first-order chi connectivity index (χ1) is 8.53. The molecule has 4 heteroatoms. The minimum atomic E-state index is -0.911. The predicted octanol–water partition coefficient (Wildman–Crippen LogP) is 2.68. The molecule has 0 radical (unpaired) electrons. The van der Waals surface area contributed by atoms with Crippen LogP contribution >= 0.6 is 0 Å². The molecule has 0 spiro atoms. The molecule has 1 saturated carbocycles. The number of carbonyl (C=O) groups excluding carboxylic acids is 1. The average molecular weight is 269 g/mol. The molecule has 110 valence electrons. The van der Waals surface area contributed by atoms with Gasteiger partial charge in [-0.3, -0.25) is 9.59 Å². The first-order valence-electron chi connectivity index (χ1n) is 7.05. The van der Waals surface area contributed by atoms with Crippen molar-refractivity contribution in [2.45, 2.75) is 53.9 Å². The lowest BCUT2D eigenvalue weighted by Crippen LogP contribution is -2.43. The van der Waals surface area contributed by atoms with Gasteiger partial charge in [-0.1, -0.05) is 20.8 Å². The molecule has 0 bridgehead atoms. The Morgan fingerprint density at radius 2 is 1.89 bits per heavy atom. The maximum atomic E-state index is 12.2. The van der Waals surface area contributed by atoms with Gasteiger partial charge in [-0.05, 0) is 44.4 Å². The number of amides is 1. The predicted molar refractivity (Wildman–Crippen MR) is 74.7 cm³/mol. The Morgan fingerprint density at radius 1 is 1.32 bits per heavy atom. The van der Waals surface area contributed by atoms with Crippen LogP contribution in [-0.4, -0.2) is 23.5 Å². The summed E-state index contributed by atoms with van der Waals surface area (Å²) in [5.74, 6) is -0.311. The normalized spacial score (nSPS) is 26.8. The van der Waals surface area contributed by atoms with E-state index in [1.54, 1.807) is 13.8 Å². The van der Waals surface area contributed by atoms with Crippen LogP contribution in [0.1, 0.15) is 53.9 Å². The van der Waals surface area contributed by atoms with Crippen molar-refractivity contribution in [1.29, 1.82) is 0 Å². The van der Waals surface area contributed by atoms with E-state index >= 15 is 0 Å². The summed E-state index contributed by atoms with van der Waals surface area (Å²) in [6, 6.07) is 0. The van der Waals surface area contributed by atoms with E-state index in [0.29, 0.717) is 5.92 Å². The Bertz CT molecular complexity index is 360. The molecule has 1 amide bonds. The summed E-state index contributed by atoms with van der Waals surface area (Å²) in [5, 5.41) is 11.9. The van der Waals surface area contributed by atoms with Gasteiger partial charge in [0.25, 0.3) is 0 Å². The molecule has 0 aromatic heterocycles. The maximum absolute atomic E-state index is 12.2. The molecule has 0 saturated heterocycles. The van der Waals surface area contributed by atoms with Gasteiger partial charge in [-0.2, -0.15) is 0 Å². The highest BCUT2D eigenvalue weighted by atomic mass is 16.4. The number of carboxylic acids is 1. The van der Waals surface area contributed by atoms with Gasteiger partial charge in [0.1, 0.15) is 0 Å². The van der Waals surface area contributed by atoms with E-state index in [1.807, 2.05) is 0 Å². The second-order valence-electron chi connectivity index (χ2n) is 7.52. The Labute approximate surface area is 116 Å². The van der Waals surface area contributed by atoms with Crippen molar-refractivity contribution in [3.63, 3.8) is 0 Å². The molecule has 2 atom stereocenters. The van der Waals surface area contributed by atoms with Crippen LogP contribution in [0.2, 0.25) is 0 Å².